The number of carbonyl (C=O) groups is 1. The van der Waals surface area contributed by atoms with E-state index in [1.165, 1.54) is 18.2 Å². The van der Waals surface area contributed by atoms with Crippen molar-refractivity contribution in [2.45, 2.75) is 12.6 Å². The summed E-state index contributed by atoms with van der Waals surface area (Å²) >= 11 is 5.77. The number of hydrogen-bond acceptors (Lipinski definition) is 2. The van der Waals surface area contributed by atoms with E-state index in [2.05, 4.69) is 4.57 Å². The second-order valence-electron chi connectivity index (χ2n) is 6.39. The van der Waals surface area contributed by atoms with Crippen molar-refractivity contribution in [2.75, 3.05) is 13.2 Å². The van der Waals surface area contributed by atoms with Gasteiger partial charge in [0, 0.05) is 31.0 Å². The maximum atomic E-state index is 13.3. The zero-order chi connectivity index (χ0) is 18.8. The summed E-state index contributed by atoms with van der Waals surface area (Å²) in [5.74, 6) is -0.278. The first-order chi connectivity index (χ1) is 13.1. The third-order valence-corrected chi connectivity index (χ3v) is 5.02. The summed E-state index contributed by atoms with van der Waals surface area (Å²) in [5.41, 5.74) is 2.13. The fourth-order valence-corrected chi connectivity index (χ4v) is 3.60. The number of halogens is 2. The van der Waals surface area contributed by atoms with Gasteiger partial charge in [0.2, 0.25) is 0 Å². The van der Waals surface area contributed by atoms with Crippen molar-refractivity contribution >= 4 is 17.5 Å². The van der Waals surface area contributed by atoms with Crippen LogP contribution in [0.25, 0.3) is 0 Å². The molecular weight excluding hydrogens is 367 g/mol. The van der Waals surface area contributed by atoms with Crippen LogP contribution in [0.5, 0.6) is 5.75 Å². The van der Waals surface area contributed by atoms with Gasteiger partial charge in [0.15, 0.2) is 6.61 Å². The second-order valence-corrected chi connectivity index (χ2v) is 6.80. The summed E-state index contributed by atoms with van der Waals surface area (Å²) in [6.45, 7) is 1.19. The van der Waals surface area contributed by atoms with Crippen molar-refractivity contribution in [2.24, 2.45) is 0 Å². The summed E-state index contributed by atoms with van der Waals surface area (Å²) in [7, 11) is 0. The lowest BCUT2D eigenvalue weighted by Gasteiger charge is -2.37. The van der Waals surface area contributed by atoms with Gasteiger partial charge >= 0.3 is 0 Å². The molecule has 0 N–H and O–H groups in total. The lowest BCUT2D eigenvalue weighted by molar-refractivity contribution is -0.136. The van der Waals surface area contributed by atoms with E-state index in [9.17, 15) is 9.18 Å². The number of amides is 1. The predicted molar refractivity (Wildman–Crippen MR) is 101 cm³/mol. The molecule has 1 aliphatic heterocycles. The lowest BCUT2D eigenvalue weighted by Crippen LogP contribution is -2.44. The van der Waals surface area contributed by atoms with Gasteiger partial charge in [-0.05, 0) is 29.8 Å². The predicted octanol–water partition coefficient (Wildman–Crippen LogP) is 4.29. The molecular formula is C21H18ClFN2O2. The monoisotopic (exact) mass is 384 g/mol. The van der Waals surface area contributed by atoms with E-state index in [4.69, 9.17) is 16.3 Å². The first kappa shape index (κ1) is 17.6. The Morgan fingerprint density at radius 3 is 2.70 bits per heavy atom. The highest BCUT2D eigenvalue weighted by atomic mass is 35.5. The zero-order valence-corrected chi connectivity index (χ0v) is 15.3. The molecule has 2 heterocycles. The highest BCUT2D eigenvalue weighted by Crippen LogP contribution is 2.32. The first-order valence-corrected chi connectivity index (χ1v) is 9.08. The average molecular weight is 385 g/mol. The van der Waals surface area contributed by atoms with Crippen LogP contribution < -0.4 is 4.74 Å². The molecule has 1 aromatic heterocycles. The van der Waals surface area contributed by atoms with Crippen LogP contribution in [-0.2, 0) is 11.3 Å². The Labute approximate surface area is 161 Å². The van der Waals surface area contributed by atoms with Crippen LogP contribution in [0.3, 0.4) is 0 Å². The van der Waals surface area contributed by atoms with Gasteiger partial charge in [0.05, 0.1) is 11.1 Å². The van der Waals surface area contributed by atoms with Gasteiger partial charge in [-0.15, -0.1) is 0 Å². The molecule has 27 heavy (non-hydrogen) atoms. The van der Waals surface area contributed by atoms with Crippen molar-refractivity contribution in [3.63, 3.8) is 0 Å². The van der Waals surface area contributed by atoms with E-state index in [0.29, 0.717) is 12.3 Å². The van der Waals surface area contributed by atoms with Gasteiger partial charge in [-0.25, -0.2) is 4.39 Å². The SMILES string of the molecule is O=C(COc1ccc(F)c(Cl)c1)N1CCn2cccc2C1c1ccccc1. The molecule has 0 bridgehead atoms. The van der Waals surface area contributed by atoms with E-state index >= 15 is 0 Å². The van der Waals surface area contributed by atoms with Crippen LogP contribution in [0.4, 0.5) is 4.39 Å². The quantitative estimate of drug-likeness (QED) is 0.672. The molecule has 1 aliphatic rings. The van der Waals surface area contributed by atoms with Crippen molar-refractivity contribution in [3.05, 3.63) is 89.0 Å². The van der Waals surface area contributed by atoms with E-state index in [-0.39, 0.29) is 23.6 Å². The van der Waals surface area contributed by atoms with Crippen LogP contribution in [0, 0.1) is 5.82 Å². The Morgan fingerprint density at radius 2 is 1.93 bits per heavy atom. The Balaban J connectivity index is 1.55. The van der Waals surface area contributed by atoms with Crippen molar-refractivity contribution in [1.29, 1.82) is 0 Å². The molecule has 0 radical (unpaired) electrons. The van der Waals surface area contributed by atoms with Crippen molar-refractivity contribution in [1.82, 2.24) is 9.47 Å². The Hall–Kier alpha value is -2.79. The molecule has 138 valence electrons. The number of ether oxygens (including phenoxy) is 1. The Morgan fingerprint density at radius 1 is 1.11 bits per heavy atom. The molecule has 0 spiro atoms. The summed E-state index contributed by atoms with van der Waals surface area (Å²) < 4.78 is 21.0. The Kier molecular flexibility index (Phi) is 4.86. The third kappa shape index (κ3) is 3.55. The Bertz CT molecular complexity index is 958. The van der Waals surface area contributed by atoms with E-state index in [0.717, 1.165) is 17.8 Å². The fraction of sp³-hybridized carbons (Fsp3) is 0.190. The summed E-state index contributed by atoms with van der Waals surface area (Å²) in [4.78, 5) is 14.8. The fourth-order valence-electron chi connectivity index (χ4n) is 3.43. The largest absolute Gasteiger partial charge is 0.484 e. The summed E-state index contributed by atoms with van der Waals surface area (Å²) in [5, 5.41) is -0.0297. The highest BCUT2D eigenvalue weighted by molar-refractivity contribution is 6.30. The van der Waals surface area contributed by atoms with Gasteiger partial charge in [-0.1, -0.05) is 41.9 Å². The maximum Gasteiger partial charge on any atom is 0.261 e. The van der Waals surface area contributed by atoms with Gasteiger partial charge in [0.25, 0.3) is 5.91 Å². The number of benzene rings is 2. The lowest BCUT2D eigenvalue weighted by atomic mass is 10.00. The molecule has 4 rings (SSSR count). The third-order valence-electron chi connectivity index (χ3n) is 4.73. The molecule has 0 fully saturated rings. The molecule has 0 aliphatic carbocycles. The molecule has 1 unspecified atom stereocenters. The first-order valence-electron chi connectivity index (χ1n) is 8.71. The standard InChI is InChI=1S/C21H18ClFN2O2/c22-17-13-16(8-9-18(17)23)27-14-20(26)25-12-11-24-10-4-7-19(24)21(25)15-5-2-1-3-6-15/h1-10,13,21H,11-12,14H2. The minimum absolute atomic E-state index is 0.0297. The molecule has 0 saturated carbocycles. The van der Waals surface area contributed by atoms with Crippen LogP contribution in [0.1, 0.15) is 17.3 Å². The highest BCUT2D eigenvalue weighted by Gasteiger charge is 2.32. The van der Waals surface area contributed by atoms with E-state index in [1.54, 1.807) is 0 Å². The summed E-state index contributed by atoms with van der Waals surface area (Å²) in [6, 6.07) is 17.9. The normalized spacial score (nSPS) is 16.1. The number of aromatic nitrogens is 1. The number of nitrogens with zero attached hydrogens (tertiary/aromatic N) is 2. The van der Waals surface area contributed by atoms with Crippen LogP contribution in [0.15, 0.2) is 66.9 Å². The van der Waals surface area contributed by atoms with Gasteiger partial charge < -0.3 is 14.2 Å². The molecule has 1 atom stereocenters. The van der Waals surface area contributed by atoms with Gasteiger partial charge in [-0.3, -0.25) is 4.79 Å². The van der Waals surface area contributed by atoms with E-state index < -0.39 is 5.82 Å². The van der Waals surface area contributed by atoms with Crippen LogP contribution >= 0.6 is 11.6 Å². The topological polar surface area (TPSA) is 34.5 Å². The van der Waals surface area contributed by atoms with Crippen molar-refractivity contribution in [3.8, 4) is 5.75 Å². The number of carbonyl (C=O) groups excluding carboxylic acids is 1. The molecule has 2 aromatic carbocycles. The van der Waals surface area contributed by atoms with Gasteiger partial charge in [-0.2, -0.15) is 0 Å². The second kappa shape index (κ2) is 7.45. The zero-order valence-electron chi connectivity index (χ0n) is 14.5. The van der Waals surface area contributed by atoms with E-state index in [1.807, 2.05) is 53.6 Å². The average Bonchev–Trinajstić information content (AvgIpc) is 3.17. The minimum Gasteiger partial charge on any atom is -0.484 e. The van der Waals surface area contributed by atoms with Crippen LogP contribution in [0.2, 0.25) is 5.02 Å². The maximum absolute atomic E-state index is 13.3. The molecule has 0 saturated heterocycles. The van der Waals surface area contributed by atoms with Gasteiger partial charge in [0.1, 0.15) is 11.6 Å². The number of rotatable bonds is 4. The molecule has 3 aromatic rings. The molecule has 6 heteroatoms. The van der Waals surface area contributed by atoms with Crippen LogP contribution in [-0.4, -0.2) is 28.5 Å². The summed E-state index contributed by atoms with van der Waals surface area (Å²) in [6.07, 6.45) is 2.03. The number of hydrogen-bond donors (Lipinski definition) is 0. The molecule has 1 amide bonds. The smallest absolute Gasteiger partial charge is 0.261 e. The van der Waals surface area contributed by atoms with Crippen molar-refractivity contribution < 1.29 is 13.9 Å². The number of fused-ring (bicyclic) bond motifs is 1. The minimum atomic E-state index is -0.517. The molecule has 4 nitrogen and oxygen atoms in total.